The summed E-state index contributed by atoms with van der Waals surface area (Å²) >= 11 is 0. The van der Waals surface area contributed by atoms with Gasteiger partial charge in [0.05, 0.1) is 6.54 Å². The van der Waals surface area contributed by atoms with E-state index in [9.17, 15) is 14.4 Å². The second-order valence-corrected chi connectivity index (χ2v) is 9.34. The van der Waals surface area contributed by atoms with Crippen LogP contribution in [0.4, 0.5) is 5.69 Å². The van der Waals surface area contributed by atoms with Gasteiger partial charge in [-0.05, 0) is 66.9 Å². The topological polar surface area (TPSA) is 101 Å². The minimum Gasteiger partial charge on any atom is -0.487 e. The Morgan fingerprint density at radius 3 is 2.45 bits per heavy atom. The van der Waals surface area contributed by atoms with Crippen LogP contribution in [0, 0.1) is 13.8 Å². The van der Waals surface area contributed by atoms with Crippen LogP contribution in [0.3, 0.4) is 0 Å². The van der Waals surface area contributed by atoms with Crippen molar-refractivity contribution in [1.82, 2.24) is 15.6 Å². The molecule has 0 atom stereocenters. The Balaban J connectivity index is 1.35. The second-order valence-electron chi connectivity index (χ2n) is 9.34. The average molecular weight is 537 g/mol. The number of anilines is 1. The van der Waals surface area contributed by atoms with E-state index in [4.69, 9.17) is 4.74 Å². The number of likely N-dealkylation sites (N-methyl/N-ethyl adjacent to an activating group) is 1. The van der Waals surface area contributed by atoms with Crippen LogP contribution in [0.2, 0.25) is 0 Å². The summed E-state index contributed by atoms with van der Waals surface area (Å²) in [6.07, 6.45) is 2.98. The maximum atomic E-state index is 12.9. The van der Waals surface area contributed by atoms with Crippen LogP contribution >= 0.6 is 0 Å². The summed E-state index contributed by atoms with van der Waals surface area (Å²) < 4.78 is 6.15. The molecule has 0 bridgehead atoms. The van der Waals surface area contributed by atoms with Crippen LogP contribution in [0.5, 0.6) is 5.75 Å². The van der Waals surface area contributed by atoms with Crippen molar-refractivity contribution in [3.63, 3.8) is 0 Å². The van der Waals surface area contributed by atoms with Crippen molar-refractivity contribution in [3.8, 4) is 5.75 Å². The van der Waals surface area contributed by atoms with Crippen LogP contribution < -0.4 is 20.3 Å². The van der Waals surface area contributed by atoms with E-state index in [0.717, 1.165) is 39.0 Å². The molecule has 8 nitrogen and oxygen atoms in total. The zero-order chi connectivity index (χ0) is 28.6. The fourth-order valence-electron chi connectivity index (χ4n) is 4.22. The number of carbonyl (C=O) groups is 3. The highest BCUT2D eigenvalue weighted by atomic mass is 16.5. The van der Waals surface area contributed by atoms with Gasteiger partial charge in [-0.1, -0.05) is 42.5 Å². The van der Waals surface area contributed by atoms with E-state index in [-0.39, 0.29) is 18.4 Å². The molecule has 0 fully saturated rings. The highest BCUT2D eigenvalue weighted by Crippen LogP contribution is 2.27. The van der Waals surface area contributed by atoms with Gasteiger partial charge >= 0.3 is 0 Å². The summed E-state index contributed by atoms with van der Waals surface area (Å²) in [5.41, 5.74) is 5.61. The van der Waals surface area contributed by atoms with Crippen LogP contribution in [0.15, 0.2) is 78.9 Å². The number of nitrogens with zero attached hydrogens (tertiary/aromatic N) is 2. The minimum absolute atomic E-state index is 0.156. The summed E-state index contributed by atoms with van der Waals surface area (Å²) in [5.74, 6) is -0.128. The summed E-state index contributed by atoms with van der Waals surface area (Å²) in [7, 11) is 3.25. The molecule has 0 radical (unpaired) electrons. The summed E-state index contributed by atoms with van der Waals surface area (Å²) in [6.45, 7) is 4.06. The summed E-state index contributed by atoms with van der Waals surface area (Å²) in [4.78, 5) is 43.0. The number of ether oxygens (including phenoxy) is 1. The van der Waals surface area contributed by atoms with Gasteiger partial charge in [0.25, 0.3) is 5.91 Å². The van der Waals surface area contributed by atoms with E-state index < -0.39 is 5.91 Å². The lowest BCUT2D eigenvalue weighted by molar-refractivity contribution is -0.122. The maximum absolute atomic E-state index is 12.9. The predicted octanol–water partition coefficient (Wildman–Crippen LogP) is 4.58. The first-order valence-electron chi connectivity index (χ1n) is 12.9. The number of para-hydroxylation sites is 1. The van der Waals surface area contributed by atoms with Gasteiger partial charge in [-0.25, -0.2) is 4.98 Å². The monoisotopic (exact) mass is 536 g/mol. The Morgan fingerprint density at radius 2 is 1.70 bits per heavy atom. The molecule has 0 spiro atoms. The second kappa shape index (κ2) is 12.7. The number of aromatic nitrogens is 1. The highest BCUT2D eigenvalue weighted by Gasteiger charge is 2.16. The molecule has 1 heterocycles. The first kappa shape index (κ1) is 28.0. The predicted molar refractivity (Wildman–Crippen MR) is 157 cm³/mol. The van der Waals surface area contributed by atoms with E-state index in [0.29, 0.717) is 17.9 Å². The average Bonchev–Trinajstić information content (AvgIpc) is 2.97. The van der Waals surface area contributed by atoms with Crippen molar-refractivity contribution in [2.75, 3.05) is 25.5 Å². The minimum atomic E-state index is -0.394. The summed E-state index contributed by atoms with van der Waals surface area (Å²) in [6, 6.07) is 22.4. The molecular formula is C32H32N4O4. The SMILES string of the molecule is CNC(=O)c1ccc(C=CC(=O)NCC(=O)N(C)c2cccc(COc3cccc4ccc(C)nc34)c2C)cc1. The zero-order valence-electron chi connectivity index (χ0n) is 23.0. The molecule has 0 saturated carbocycles. The Hall–Kier alpha value is -4.98. The number of benzene rings is 3. The van der Waals surface area contributed by atoms with Crippen molar-refractivity contribution >= 4 is 40.4 Å². The maximum Gasteiger partial charge on any atom is 0.251 e. The molecular weight excluding hydrogens is 504 g/mol. The Morgan fingerprint density at radius 1 is 0.950 bits per heavy atom. The number of nitrogens with one attached hydrogen (secondary N) is 2. The molecule has 8 heteroatoms. The van der Waals surface area contributed by atoms with Gasteiger partial charge in [0, 0.05) is 42.5 Å². The molecule has 0 saturated heterocycles. The largest absolute Gasteiger partial charge is 0.487 e. The fourth-order valence-corrected chi connectivity index (χ4v) is 4.22. The van der Waals surface area contributed by atoms with Gasteiger partial charge in [0.15, 0.2) is 0 Å². The molecule has 3 aromatic carbocycles. The van der Waals surface area contributed by atoms with E-state index in [1.54, 1.807) is 44.4 Å². The van der Waals surface area contributed by atoms with Gasteiger partial charge < -0.3 is 20.3 Å². The fraction of sp³-hybridized carbons (Fsp3) is 0.188. The van der Waals surface area contributed by atoms with Crippen molar-refractivity contribution < 1.29 is 19.1 Å². The third-order valence-electron chi connectivity index (χ3n) is 6.60. The molecule has 0 aliphatic rings. The zero-order valence-corrected chi connectivity index (χ0v) is 23.0. The lowest BCUT2D eigenvalue weighted by atomic mass is 10.1. The number of hydrogen-bond donors (Lipinski definition) is 2. The van der Waals surface area contributed by atoms with E-state index in [2.05, 4.69) is 15.6 Å². The lowest BCUT2D eigenvalue weighted by Gasteiger charge is -2.21. The molecule has 1 aromatic heterocycles. The number of rotatable bonds is 9. The molecule has 0 aliphatic heterocycles. The Bertz CT molecular complexity index is 1580. The summed E-state index contributed by atoms with van der Waals surface area (Å²) in [5, 5.41) is 6.20. The molecule has 40 heavy (non-hydrogen) atoms. The van der Waals surface area contributed by atoms with Crippen molar-refractivity contribution in [2.45, 2.75) is 20.5 Å². The number of fused-ring (bicyclic) bond motifs is 1. The van der Waals surface area contributed by atoms with Crippen molar-refractivity contribution in [2.24, 2.45) is 0 Å². The lowest BCUT2D eigenvalue weighted by Crippen LogP contribution is -2.38. The van der Waals surface area contributed by atoms with E-state index >= 15 is 0 Å². The molecule has 4 aromatic rings. The van der Waals surface area contributed by atoms with Crippen molar-refractivity contribution in [1.29, 1.82) is 0 Å². The molecule has 2 N–H and O–H groups in total. The quantitative estimate of drug-likeness (QED) is 0.305. The van der Waals surface area contributed by atoms with Gasteiger partial charge in [-0.2, -0.15) is 0 Å². The van der Waals surface area contributed by atoms with E-state index in [1.807, 2.05) is 62.4 Å². The standard InChI is InChI=1S/C32H32N4O4/c1-21-11-15-24-7-6-10-28(31(24)35-21)40-20-26-8-5-9-27(22(26)2)36(4)30(38)19-34-29(37)18-14-23-12-16-25(17-13-23)32(39)33-3/h5-18H,19-20H2,1-4H3,(H,33,39)(H,34,37). The number of pyridine rings is 1. The molecule has 3 amide bonds. The first-order chi connectivity index (χ1) is 19.3. The van der Waals surface area contributed by atoms with Crippen LogP contribution in [0.1, 0.15) is 32.7 Å². The van der Waals surface area contributed by atoms with Crippen LogP contribution in [-0.4, -0.2) is 43.3 Å². The van der Waals surface area contributed by atoms with Gasteiger partial charge in [0.2, 0.25) is 11.8 Å². The van der Waals surface area contributed by atoms with Crippen LogP contribution in [0.25, 0.3) is 17.0 Å². The molecule has 4 rings (SSSR count). The van der Waals surface area contributed by atoms with Gasteiger partial charge in [-0.3, -0.25) is 14.4 Å². The van der Waals surface area contributed by atoms with Gasteiger partial charge in [-0.15, -0.1) is 0 Å². The third-order valence-corrected chi connectivity index (χ3v) is 6.60. The Labute approximate surface area is 233 Å². The number of amides is 3. The normalized spacial score (nSPS) is 10.9. The highest BCUT2D eigenvalue weighted by molar-refractivity contribution is 5.99. The number of aryl methyl sites for hydroxylation is 1. The number of hydrogen-bond acceptors (Lipinski definition) is 5. The van der Waals surface area contributed by atoms with Gasteiger partial charge in [0.1, 0.15) is 17.9 Å². The first-order valence-corrected chi connectivity index (χ1v) is 12.9. The smallest absolute Gasteiger partial charge is 0.251 e. The molecule has 0 aliphatic carbocycles. The molecule has 204 valence electrons. The van der Waals surface area contributed by atoms with Crippen LogP contribution in [-0.2, 0) is 16.2 Å². The third kappa shape index (κ3) is 6.71. The van der Waals surface area contributed by atoms with Crippen molar-refractivity contribution in [3.05, 3.63) is 107 Å². The van der Waals surface area contributed by atoms with E-state index in [1.165, 1.54) is 11.0 Å². The molecule has 0 unspecified atom stereocenters. The Kier molecular flexibility index (Phi) is 8.91. The number of carbonyl (C=O) groups excluding carboxylic acids is 3.